The van der Waals surface area contributed by atoms with Crippen molar-refractivity contribution in [2.24, 2.45) is 0 Å². The molecule has 11 heteroatoms. The maximum absolute atomic E-state index is 7.11. The van der Waals surface area contributed by atoms with Gasteiger partial charge in [0.05, 0.1) is 11.0 Å². The molecule has 1 nitrogen and oxygen atoms in total. The van der Waals surface area contributed by atoms with Gasteiger partial charge in [-0.15, -0.1) is 0 Å². The molecule has 0 radical (unpaired) electrons. The van der Waals surface area contributed by atoms with Gasteiger partial charge in [-0.3, -0.25) is 0 Å². The summed E-state index contributed by atoms with van der Waals surface area (Å²) in [5, 5.41) is 5.56. The smallest absolute Gasteiger partial charge is 0.0542 e. The standard InChI is InChI=1S/C31H13Cl10N/c32-13-1-3-26-18(5-13)19-6-14(33)2-4-27(19)42(26)17-11-24(40)30(25(41)12-17)31(28-20(36)7-15(34)8-21(28)37)29-22(38)9-16(35)10-23(29)39/h1-12,31H. The molecule has 0 saturated heterocycles. The zero-order valence-corrected chi connectivity index (χ0v) is 28.3. The first-order valence-corrected chi connectivity index (χ1v) is 15.9. The zero-order valence-electron chi connectivity index (χ0n) is 20.7. The third-order valence-electron chi connectivity index (χ3n) is 6.96. The molecule has 42 heavy (non-hydrogen) atoms. The molecule has 0 fully saturated rings. The third kappa shape index (κ3) is 5.46. The van der Waals surface area contributed by atoms with Crippen LogP contribution in [0.25, 0.3) is 27.5 Å². The average Bonchev–Trinajstić information content (AvgIpc) is 3.19. The lowest BCUT2D eigenvalue weighted by atomic mass is 9.84. The van der Waals surface area contributed by atoms with E-state index in [2.05, 4.69) is 0 Å². The molecule has 6 aromatic rings. The summed E-state index contributed by atoms with van der Waals surface area (Å²) in [6, 6.07) is 21.3. The Morgan fingerprint density at radius 1 is 0.381 bits per heavy atom. The topological polar surface area (TPSA) is 4.93 Å². The van der Waals surface area contributed by atoms with Crippen LogP contribution in [-0.2, 0) is 0 Å². The Morgan fingerprint density at radius 3 is 1.07 bits per heavy atom. The second-order valence-electron chi connectivity index (χ2n) is 9.48. The first kappa shape index (κ1) is 30.8. The molecule has 5 aromatic carbocycles. The minimum absolute atomic E-state index is 0.284. The van der Waals surface area contributed by atoms with E-state index in [1.165, 1.54) is 0 Å². The highest BCUT2D eigenvalue weighted by Gasteiger charge is 2.31. The molecule has 0 saturated carbocycles. The first-order chi connectivity index (χ1) is 19.9. The van der Waals surface area contributed by atoms with E-state index in [-0.39, 0.29) is 20.1 Å². The van der Waals surface area contributed by atoms with E-state index in [1.807, 2.05) is 53.1 Å². The fraction of sp³-hybridized carbons (Fsp3) is 0.0323. The molecule has 0 aliphatic carbocycles. The molecule has 1 aromatic heterocycles. The van der Waals surface area contributed by atoms with Crippen LogP contribution < -0.4 is 0 Å². The van der Waals surface area contributed by atoms with Gasteiger partial charge < -0.3 is 4.57 Å². The van der Waals surface area contributed by atoms with Gasteiger partial charge in [0.25, 0.3) is 0 Å². The Morgan fingerprint density at radius 2 is 0.714 bits per heavy atom. The summed E-state index contributed by atoms with van der Waals surface area (Å²) in [5.74, 6) is -0.774. The van der Waals surface area contributed by atoms with E-state index in [9.17, 15) is 0 Å². The number of benzene rings is 5. The normalized spacial score (nSPS) is 11.8. The molecule has 212 valence electrons. The highest BCUT2D eigenvalue weighted by atomic mass is 35.5. The summed E-state index contributed by atoms with van der Waals surface area (Å²) in [7, 11) is 0. The minimum Gasteiger partial charge on any atom is -0.309 e. The minimum atomic E-state index is -0.774. The van der Waals surface area contributed by atoms with Crippen LogP contribution in [0.2, 0.25) is 50.2 Å². The largest absolute Gasteiger partial charge is 0.309 e. The van der Waals surface area contributed by atoms with Gasteiger partial charge in [0.15, 0.2) is 0 Å². The van der Waals surface area contributed by atoms with E-state index < -0.39 is 5.92 Å². The Hall–Kier alpha value is -1.20. The van der Waals surface area contributed by atoms with E-state index >= 15 is 0 Å². The van der Waals surface area contributed by atoms with Crippen molar-refractivity contribution in [2.75, 3.05) is 0 Å². The number of hydrogen-bond acceptors (Lipinski definition) is 0. The third-order valence-corrected chi connectivity index (χ3v) is 9.75. The van der Waals surface area contributed by atoms with Crippen molar-refractivity contribution in [3.8, 4) is 5.69 Å². The average molecular weight is 754 g/mol. The predicted octanol–water partition coefficient (Wildman–Crippen LogP) is 14.5. The van der Waals surface area contributed by atoms with Gasteiger partial charge in [0.2, 0.25) is 0 Å². The fourth-order valence-electron chi connectivity index (χ4n) is 5.31. The summed E-state index contributed by atoms with van der Waals surface area (Å²) in [6.07, 6.45) is 0. The molecule has 0 atom stereocenters. The van der Waals surface area contributed by atoms with Crippen LogP contribution in [0.5, 0.6) is 0 Å². The Labute approximate surface area is 291 Å². The lowest BCUT2D eigenvalue weighted by Crippen LogP contribution is -2.09. The highest BCUT2D eigenvalue weighted by molar-refractivity contribution is 6.42. The van der Waals surface area contributed by atoms with E-state index in [0.29, 0.717) is 52.5 Å². The van der Waals surface area contributed by atoms with Gasteiger partial charge in [-0.2, -0.15) is 0 Å². The van der Waals surface area contributed by atoms with Gasteiger partial charge in [0, 0.05) is 89.3 Å². The number of nitrogens with zero attached hydrogens (tertiary/aromatic N) is 1. The van der Waals surface area contributed by atoms with Crippen LogP contribution in [0.1, 0.15) is 22.6 Å². The lowest BCUT2D eigenvalue weighted by Gasteiger charge is -2.26. The van der Waals surface area contributed by atoms with Crippen LogP contribution in [-0.4, -0.2) is 4.57 Å². The molecule has 1 heterocycles. The van der Waals surface area contributed by atoms with Gasteiger partial charge in [-0.05, 0) is 72.8 Å². The van der Waals surface area contributed by atoms with Crippen molar-refractivity contribution in [2.45, 2.75) is 5.92 Å². The second-order valence-corrected chi connectivity index (χ2v) is 13.7. The van der Waals surface area contributed by atoms with Gasteiger partial charge in [-0.1, -0.05) is 116 Å². The van der Waals surface area contributed by atoms with E-state index in [0.717, 1.165) is 21.8 Å². The van der Waals surface area contributed by atoms with Crippen molar-refractivity contribution in [3.63, 3.8) is 0 Å². The van der Waals surface area contributed by atoms with Crippen molar-refractivity contribution >= 4 is 138 Å². The quantitative estimate of drug-likeness (QED) is 0.158. The summed E-state index contributed by atoms with van der Waals surface area (Å²) in [6.45, 7) is 0. The Balaban J connectivity index is 1.65. The van der Waals surface area contributed by atoms with Crippen molar-refractivity contribution in [1.82, 2.24) is 4.57 Å². The number of fused-ring (bicyclic) bond motifs is 3. The maximum Gasteiger partial charge on any atom is 0.0542 e. The zero-order chi connectivity index (χ0) is 30.0. The van der Waals surface area contributed by atoms with Gasteiger partial charge in [0.1, 0.15) is 0 Å². The van der Waals surface area contributed by atoms with E-state index in [1.54, 1.807) is 24.3 Å². The van der Waals surface area contributed by atoms with Crippen LogP contribution in [0.3, 0.4) is 0 Å². The number of halogens is 10. The first-order valence-electron chi connectivity index (χ1n) is 12.1. The molecule has 6 rings (SSSR count). The number of aromatic nitrogens is 1. The summed E-state index contributed by atoms with van der Waals surface area (Å²) < 4.78 is 2.04. The second kappa shape index (κ2) is 12.0. The molecule has 0 unspecified atom stereocenters. The van der Waals surface area contributed by atoms with Crippen molar-refractivity contribution in [1.29, 1.82) is 0 Å². The number of rotatable bonds is 4. The van der Waals surface area contributed by atoms with E-state index in [4.69, 9.17) is 116 Å². The van der Waals surface area contributed by atoms with Crippen LogP contribution in [0, 0.1) is 0 Å². The lowest BCUT2D eigenvalue weighted by molar-refractivity contribution is 0.976. The Bertz CT molecular complexity index is 1880. The molecule has 0 bridgehead atoms. The Kier molecular flexibility index (Phi) is 8.77. The SMILES string of the molecule is Clc1cc(Cl)c(C(c2c(Cl)cc(Cl)cc2Cl)c2c(Cl)cc(-n3c4ccc(Cl)cc4c4cc(Cl)ccc43)cc2Cl)c(Cl)c1. The summed E-state index contributed by atoms with van der Waals surface area (Å²) in [4.78, 5) is 0. The van der Waals surface area contributed by atoms with Gasteiger partial charge in [-0.25, -0.2) is 0 Å². The molecule has 0 aliphatic rings. The van der Waals surface area contributed by atoms with Gasteiger partial charge >= 0.3 is 0 Å². The maximum atomic E-state index is 7.11. The van der Waals surface area contributed by atoms with Crippen molar-refractivity contribution < 1.29 is 0 Å². The van der Waals surface area contributed by atoms with Crippen LogP contribution in [0.4, 0.5) is 0 Å². The molecule has 0 amide bonds. The molecular weight excluding hydrogens is 741 g/mol. The highest BCUT2D eigenvalue weighted by Crippen LogP contribution is 2.51. The molecule has 0 aliphatic heterocycles. The van der Waals surface area contributed by atoms with Crippen molar-refractivity contribution in [3.05, 3.63) is 140 Å². The predicted molar refractivity (Wildman–Crippen MR) is 185 cm³/mol. The summed E-state index contributed by atoms with van der Waals surface area (Å²) >= 11 is 66.4. The molecular formula is C31H13Cl10N. The summed E-state index contributed by atoms with van der Waals surface area (Å²) in [5.41, 5.74) is 3.93. The van der Waals surface area contributed by atoms with Crippen LogP contribution >= 0.6 is 116 Å². The fourth-order valence-corrected chi connectivity index (χ4v) is 8.42. The number of hydrogen-bond donors (Lipinski definition) is 0. The molecule has 0 N–H and O–H groups in total. The monoisotopic (exact) mass is 749 g/mol. The molecule has 0 spiro atoms. The van der Waals surface area contributed by atoms with Crippen LogP contribution in [0.15, 0.2) is 72.8 Å².